The minimum Gasteiger partial charge on any atom is -0.388 e. The van der Waals surface area contributed by atoms with Crippen molar-refractivity contribution in [3.63, 3.8) is 0 Å². The number of aliphatic hydroxyl groups excluding tert-OH is 1. The number of likely N-dealkylation sites (N-methyl/N-ethyl adjacent to an activating group) is 1. The van der Waals surface area contributed by atoms with E-state index in [2.05, 4.69) is 11.2 Å². The number of ether oxygens (including phenoxy) is 1. The summed E-state index contributed by atoms with van der Waals surface area (Å²) >= 11 is 0. The average Bonchev–Trinajstić information content (AvgIpc) is 3.28. The molecule has 1 N–H and O–H groups in total. The lowest BCUT2D eigenvalue weighted by Crippen LogP contribution is -2.46. The van der Waals surface area contributed by atoms with E-state index in [1.807, 2.05) is 61.2 Å². The van der Waals surface area contributed by atoms with Crippen molar-refractivity contribution in [3.05, 3.63) is 54.2 Å². The number of hydrogen-bond donors (Lipinski definition) is 1. The second-order valence-corrected chi connectivity index (χ2v) is 6.89. The molecule has 0 unspecified atom stereocenters. The highest BCUT2D eigenvalue weighted by molar-refractivity contribution is 5.96. The molecule has 1 aliphatic heterocycles. The number of carbonyl (C=O) groups excluding carboxylic acids is 1. The van der Waals surface area contributed by atoms with E-state index in [4.69, 9.17) is 4.74 Å². The monoisotopic (exact) mass is 365 g/mol. The van der Waals surface area contributed by atoms with Gasteiger partial charge in [-0.05, 0) is 42.3 Å². The van der Waals surface area contributed by atoms with Gasteiger partial charge in [0.05, 0.1) is 37.1 Å². The SMILES string of the molecule is CCN(C(=O)c1cccc(-c2ccc3c(cnn3C)c2)c1)[C@H]1COC[C@@H]1O. The number of hydrogen-bond acceptors (Lipinski definition) is 4. The minimum atomic E-state index is -0.634. The third-order valence-corrected chi connectivity index (χ3v) is 5.21. The molecule has 0 radical (unpaired) electrons. The normalized spacial score (nSPS) is 19.5. The van der Waals surface area contributed by atoms with E-state index in [9.17, 15) is 9.90 Å². The minimum absolute atomic E-state index is 0.0867. The lowest BCUT2D eigenvalue weighted by atomic mass is 10.0. The molecule has 2 heterocycles. The van der Waals surface area contributed by atoms with Crippen molar-refractivity contribution in [2.75, 3.05) is 19.8 Å². The van der Waals surface area contributed by atoms with Crippen molar-refractivity contribution in [1.29, 1.82) is 0 Å². The number of rotatable bonds is 4. The van der Waals surface area contributed by atoms with Gasteiger partial charge in [-0.2, -0.15) is 5.10 Å². The first kappa shape index (κ1) is 17.7. The van der Waals surface area contributed by atoms with Crippen LogP contribution in [0, 0.1) is 0 Å². The summed E-state index contributed by atoms with van der Waals surface area (Å²) < 4.78 is 7.16. The van der Waals surface area contributed by atoms with Crippen LogP contribution in [0.25, 0.3) is 22.0 Å². The van der Waals surface area contributed by atoms with Gasteiger partial charge in [0.2, 0.25) is 0 Å². The molecule has 3 aromatic rings. The molecule has 2 aromatic carbocycles. The zero-order valence-electron chi connectivity index (χ0n) is 15.5. The van der Waals surface area contributed by atoms with Crippen LogP contribution < -0.4 is 0 Å². The molecule has 0 spiro atoms. The van der Waals surface area contributed by atoms with Crippen molar-refractivity contribution in [2.45, 2.75) is 19.1 Å². The smallest absolute Gasteiger partial charge is 0.254 e. The number of carbonyl (C=O) groups is 1. The topological polar surface area (TPSA) is 67.6 Å². The number of benzene rings is 2. The molecule has 1 aliphatic rings. The van der Waals surface area contributed by atoms with E-state index in [1.54, 1.807) is 4.90 Å². The van der Waals surface area contributed by atoms with Crippen LogP contribution >= 0.6 is 0 Å². The molecule has 1 amide bonds. The van der Waals surface area contributed by atoms with Crippen molar-refractivity contribution in [3.8, 4) is 11.1 Å². The van der Waals surface area contributed by atoms with Gasteiger partial charge in [0.15, 0.2) is 0 Å². The molecule has 2 atom stereocenters. The summed E-state index contributed by atoms with van der Waals surface area (Å²) in [6, 6.07) is 13.5. The van der Waals surface area contributed by atoms with Crippen LogP contribution in [-0.4, -0.2) is 57.6 Å². The highest BCUT2D eigenvalue weighted by Gasteiger charge is 2.34. The lowest BCUT2D eigenvalue weighted by Gasteiger charge is -2.29. The molecule has 1 fully saturated rings. The van der Waals surface area contributed by atoms with Crippen molar-refractivity contribution < 1.29 is 14.6 Å². The Balaban J connectivity index is 1.65. The Morgan fingerprint density at radius 3 is 2.81 bits per heavy atom. The number of fused-ring (bicyclic) bond motifs is 1. The summed E-state index contributed by atoms with van der Waals surface area (Å²) in [5.41, 5.74) is 3.70. The number of amides is 1. The first-order valence-corrected chi connectivity index (χ1v) is 9.17. The van der Waals surface area contributed by atoms with E-state index < -0.39 is 6.10 Å². The Bertz CT molecular complexity index is 982. The molecule has 6 nitrogen and oxygen atoms in total. The Morgan fingerprint density at radius 2 is 2.07 bits per heavy atom. The molecule has 0 saturated carbocycles. The quantitative estimate of drug-likeness (QED) is 0.771. The van der Waals surface area contributed by atoms with Gasteiger partial charge in [0.25, 0.3) is 5.91 Å². The Labute approximate surface area is 158 Å². The van der Waals surface area contributed by atoms with Gasteiger partial charge >= 0.3 is 0 Å². The molecular weight excluding hydrogens is 342 g/mol. The fraction of sp³-hybridized carbons (Fsp3) is 0.333. The second kappa shape index (κ2) is 7.13. The highest BCUT2D eigenvalue weighted by Crippen LogP contribution is 2.26. The van der Waals surface area contributed by atoms with E-state index in [0.717, 1.165) is 22.0 Å². The molecule has 140 valence electrons. The van der Waals surface area contributed by atoms with Crippen LogP contribution in [0.4, 0.5) is 0 Å². The fourth-order valence-corrected chi connectivity index (χ4v) is 3.70. The summed E-state index contributed by atoms with van der Waals surface area (Å²) in [6.45, 7) is 3.09. The number of aryl methyl sites for hydroxylation is 1. The van der Waals surface area contributed by atoms with Crippen LogP contribution in [0.5, 0.6) is 0 Å². The van der Waals surface area contributed by atoms with E-state index in [0.29, 0.717) is 18.7 Å². The summed E-state index contributed by atoms with van der Waals surface area (Å²) in [5, 5.41) is 15.4. The summed E-state index contributed by atoms with van der Waals surface area (Å²) in [5.74, 6) is -0.0867. The molecule has 27 heavy (non-hydrogen) atoms. The summed E-state index contributed by atoms with van der Waals surface area (Å²) in [7, 11) is 1.92. The van der Waals surface area contributed by atoms with Crippen LogP contribution in [0.1, 0.15) is 17.3 Å². The van der Waals surface area contributed by atoms with E-state index in [1.165, 1.54) is 0 Å². The van der Waals surface area contributed by atoms with Gasteiger partial charge in [0, 0.05) is 24.5 Å². The lowest BCUT2D eigenvalue weighted by molar-refractivity contribution is 0.0520. The maximum atomic E-state index is 13.1. The van der Waals surface area contributed by atoms with Crippen molar-refractivity contribution in [2.24, 2.45) is 7.05 Å². The molecule has 0 aliphatic carbocycles. The molecule has 1 aromatic heterocycles. The number of aliphatic hydroxyl groups is 1. The van der Waals surface area contributed by atoms with E-state index in [-0.39, 0.29) is 18.6 Å². The first-order chi connectivity index (χ1) is 13.1. The summed E-state index contributed by atoms with van der Waals surface area (Å²) in [4.78, 5) is 14.7. The van der Waals surface area contributed by atoms with Gasteiger partial charge in [0.1, 0.15) is 0 Å². The largest absolute Gasteiger partial charge is 0.388 e. The summed E-state index contributed by atoms with van der Waals surface area (Å²) in [6.07, 6.45) is 1.21. The Hall–Kier alpha value is -2.70. The second-order valence-electron chi connectivity index (χ2n) is 6.89. The average molecular weight is 365 g/mol. The maximum absolute atomic E-state index is 13.1. The van der Waals surface area contributed by atoms with Gasteiger partial charge in [-0.1, -0.05) is 18.2 Å². The van der Waals surface area contributed by atoms with Crippen LogP contribution in [0.15, 0.2) is 48.7 Å². The molecule has 6 heteroatoms. The predicted molar refractivity (Wildman–Crippen MR) is 103 cm³/mol. The van der Waals surface area contributed by atoms with Gasteiger partial charge in [-0.3, -0.25) is 9.48 Å². The first-order valence-electron chi connectivity index (χ1n) is 9.17. The standard InChI is InChI=1S/C21H23N3O3/c1-3-24(19-12-27-13-20(19)25)21(26)16-6-4-5-14(9-16)15-7-8-18-17(10-15)11-22-23(18)2/h4-11,19-20,25H,3,12-13H2,1-2H3/t19-,20-/m0/s1. The molecule has 4 rings (SSSR count). The van der Waals surface area contributed by atoms with Gasteiger partial charge in [-0.25, -0.2) is 0 Å². The zero-order valence-corrected chi connectivity index (χ0v) is 15.5. The maximum Gasteiger partial charge on any atom is 0.254 e. The van der Waals surface area contributed by atoms with Crippen LogP contribution in [0.3, 0.4) is 0 Å². The molecule has 0 bridgehead atoms. The fourth-order valence-electron chi connectivity index (χ4n) is 3.70. The van der Waals surface area contributed by atoms with E-state index >= 15 is 0 Å². The van der Waals surface area contributed by atoms with Crippen LogP contribution in [0.2, 0.25) is 0 Å². The predicted octanol–water partition coefficient (Wildman–Crippen LogP) is 2.46. The van der Waals surface area contributed by atoms with Crippen LogP contribution in [-0.2, 0) is 11.8 Å². The zero-order chi connectivity index (χ0) is 19.0. The van der Waals surface area contributed by atoms with Gasteiger partial charge in [-0.15, -0.1) is 0 Å². The Kier molecular flexibility index (Phi) is 4.68. The number of aromatic nitrogens is 2. The number of nitrogens with zero attached hydrogens (tertiary/aromatic N) is 3. The van der Waals surface area contributed by atoms with Crippen molar-refractivity contribution >= 4 is 16.8 Å². The third-order valence-electron chi connectivity index (χ3n) is 5.21. The molecule has 1 saturated heterocycles. The van der Waals surface area contributed by atoms with Crippen molar-refractivity contribution in [1.82, 2.24) is 14.7 Å². The third kappa shape index (κ3) is 3.22. The van der Waals surface area contributed by atoms with Gasteiger partial charge < -0.3 is 14.7 Å². The molecular formula is C21H23N3O3. The highest BCUT2D eigenvalue weighted by atomic mass is 16.5. The Morgan fingerprint density at radius 1 is 1.26 bits per heavy atom.